The Balaban J connectivity index is 1.59. The number of methoxy groups -OCH3 is 1. The summed E-state index contributed by atoms with van der Waals surface area (Å²) in [6.45, 7) is 2.83. The van der Waals surface area contributed by atoms with Gasteiger partial charge in [-0.3, -0.25) is 0 Å². The average Bonchev–Trinajstić information content (AvgIpc) is 2.71. The lowest BCUT2D eigenvalue weighted by Gasteiger charge is -2.12. The molecular formula is C20H21Cl2N5O2. The molecular weight excluding hydrogens is 413 g/mol. The van der Waals surface area contributed by atoms with E-state index in [1.54, 1.807) is 43.5 Å². The molecule has 1 heterocycles. The van der Waals surface area contributed by atoms with Crippen LogP contribution in [0.3, 0.4) is 0 Å². The van der Waals surface area contributed by atoms with Crippen LogP contribution in [0, 0.1) is 0 Å². The van der Waals surface area contributed by atoms with Gasteiger partial charge in [-0.05, 0) is 36.4 Å². The van der Waals surface area contributed by atoms with Crippen LogP contribution in [-0.2, 0) is 6.42 Å². The molecule has 3 rings (SSSR count). The molecule has 0 unspecified atom stereocenters. The minimum atomic E-state index is -0.301. The lowest BCUT2D eigenvalue weighted by Crippen LogP contribution is -2.32. The van der Waals surface area contributed by atoms with Crippen molar-refractivity contribution in [3.63, 3.8) is 0 Å². The van der Waals surface area contributed by atoms with Gasteiger partial charge in [0, 0.05) is 35.6 Å². The Morgan fingerprint density at radius 2 is 1.86 bits per heavy atom. The smallest absolute Gasteiger partial charge is 0.319 e. The number of rotatable bonds is 7. The molecule has 0 saturated heterocycles. The highest BCUT2D eigenvalue weighted by atomic mass is 35.5. The van der Waals surface area contributed by atoms with Crippen LogP contribution in [-0.4, -0.2) is 36.2 Å². The number of halogens is 2. The van der Waals surface area contributed by atoms with Gasteiger partial charge >= 0.3 is 6.03 Å². The van der Waals surface area contributed by atoms with Crippen molar-refractivity contribution in [2.24, 2.45) is 0 Å². The van der Waals surface area contributed by atoms with Gasteiger partial charge in [0.1, 0.15) is 17.4 Å². The van der Waals surface area contributed by atoms with Crippen molar-refractivity contribution in [2.75, 3.05) is 30.8 Å². The van der Waals surface area contributed by atoms with Crippen LogP contribution in [0.25, 0.3) is 10.9 Å². The molecule has 2 aromatic carbocycles. The van der Waals surface area contributed by atoms with Gasteiger partial charge in [-0.25, -0.2) is 14.8 Å². The summed E-state index contributed by atoms with van der Waals surface area (Å²) in [6.07, 6.45) is 0.673. The fourth-order valence-corrected chi connectivity index (χ4v) is 3.24. The molecule has 1 aromatic heterocycles. The Kier molecular flexibility index (Phi) is 6.95. The molecule has 0 fully saturated rings. The molecule has 0 atom stereocenters. The minimum absolute atomic E-state index is 0.301. The third-order valence-electron chi connectivity index (χ3n) is 4.13. The molecule has 3 N–H and O–H groups in total. The number of hydrogen-bond acceptors (Lipinski definition) is 5. The molecule has 0 aliphatic rings. The Hall–Kier alpha value is -2.77. The number of fused-ring (bicyclic) bond motifs is 1. The van der Waals surface area contributed by atoms with E-state index in [4.69, 9.17) is 27.9 Å². The number of aryl methyl sites for hydroxylation is 1. The van der Waals surface area contributed by atoms with Crippen molar-refractivity contribution in [2.45, 2.75) is 13.3 Å². The molecule has 0 saturated carbocycles. The van der Waals surface area contributed by atoms with Crippen molar-refractivity contribution >= 4 is 51.6 Å². The predicted octanol–water partition coefficient (Wildman–Crippen LogP) is 4.74. The van der Waals surface area contributed by atoms with Gasteiger partial charge in [0.2, 0.25) is 0 Å². The quantitative estimate of drug-likeness (QED) is 0.468. The number of nitrogens with zero attached hydrogens (tertiary/aromatic N) is 2. The van der Waals surface area contributed by atoms with Crippen molar-refractivity contribution in [1.29, 1.82) is 0 Å². The predicted molar refractivity (Wildman–Crippen MR) is 117 cm³/mol. The van der Waals surface area contributed by atoms with E-state index in [-0.39, 0.29) is 6.03 Å². The summed E-state index contributed by atoms with van der Waals surface area (Å²) in [5.41, 5.74) is 1.32. The number of ether oxygens (including phenoxy) is 1. The number of amides is 2. The summed E-state index contributed by atoms with van der Waals surface area (Å²) in [5.74, 6) is 2.03. The number of carbonyl (C=O) groups excluding carboxylic acids is 1. The van der Waals surface area contributed by atoms with E-state index in [1.165, 1.54) is 0 Å². The standard InChI is InChI=1S/C20H21Cl2N5O2/c1-3-17-26-18-15(10-12(21)11-16(18)22)19(27-17)23-8-9-24-20(28)25-13-4-6-14(29-2)7-5-13/h4-7,10-11H,3,8-9H2,1-2H3,(H,23,26,27)(H2,24,25,28). The van der Waals surface area contributed by atoms with Crippen LogP contribution in [0.15, 0.2) is 36.4 Å². The number of urea groups is 1. The van der Waals surface area contributed by atoms with E-state index in [0.29, 0.717) is 52.4 Å². The highest BCUT2D eigenvalue weighted by Crippen LogP contribution is 2.30. The zero-order valence-electron chi connectivity index (χ0n) is 16.1. The molecule has 9 heteroatoms. The fourth-order valence-electron chi connectivity index (χ4n) is 2.70. The Morgan fingerprint density at radius 1 is 1.10 bits per heavy atom. The zero-order chi connectivity index (χ0) is 20.8. The van der Waals surface area contributed by atoms with E-state index >= 15 is 0 Å². The second kappa shape index (κ2) is 9.62. The summed E-state index contributed by atoms with van der Waals surface area (Å²) in [7, 11) is 1.59. The van der Waals surface area contributed by atoms with Gasteiger partial charge in [-0.1, -0.05) is 30.1 Å². The third-order valence-corrected chi connectivity index (χ3v) is 4.64. The van der Waals surface area contributed by atoms with E-state index in [1.807, 2.05) is 6.92 Å². The topological polar surface area (TPSA) is 88.2 Å². The first-order chi connectivity index (χ1) is 14.0. The molecule has 152 valence electrons. The van der Waals surface area contributed by atoms with Gasteiger partial charge in [0.15, 0.2) is 0 Å². The first-order valence-corrected chi connectivity index (χ1v) is 9.84. The fraction of sp³-hybridized carbons (Fsp3) is 0.250. The second-order valence-electron chi connectivity index (χ2n) is 6.16. The van der Waals surface area contributed by atoms with Crippen molar-refractivity contribution in [3.05, 3.63) is 52.3 Å². The number of hydrogen-bond donors (Lipinski definition) is 3. The number of anilines is 2. The summed E-state index contributed by atoms with van der Waals surface area (Å²) in [6, 6.07) is 10.2. The van der Waals surface area contributed by atoms with Crippen LogP contribution < -0.4 is 20.7 Å². The maximum atomic E-state index is 12.0. The van der Waals surface area contributed by atoms with E-state index in [0.717, 1.165) is 11.1 Å². The monoisotopic (exact) mass is 433 g/mol. The largest absolute Gasteiger partial charge is 0.497 e. The summed E-state index contributed by atoms with van der Waals surface area (Å²) >= 11 is 12.4. The van der Waals surface area contributed by atoms with Crippen molar-refractivity contribution in [1.82, 2.24) is 15.3 Å². The average molecular weight is 434 g/mol. The van der Waals surface area contributed by atoms with E-state index in [2.05, 4.69) is 25.9 Å². The summed E-state index contributed by atoms with van der Waals surface area (Å²) < 4.78 is 5.09. The van der Waals surface area contributed by atoms with E-state index < -0.39 is 0 Å². The first-order valence-electron chi connectivity index (χ1n) is 9.08. The molecule has 0 aliphatic carbocycles. The van der Waals surface area contributed by atoms with Crippen LogP contribution >= 0.6 is 23.2 Å². The van der Waals surface area contributed by atoms with Crippen LogP contribution in [0.4, 0.5) is 16.3 Å². The van der Waals surface area contributed by atoms with Gasteiger partial charge in [0.05, 0.1) is 17.6 Å². The van der Waals surface area contributed by atoms with E-state index in [9.17, 15) is 4.79 Å². The van der Waals surface area contributed by atoms with Crippen LogP contribution in [0.1, 0.15) is 12.7 Å². The van der Waals surface area contributed by atoms with Crippen LogP contribution in [0.5, 0.6) is 5.75 Å². The van der Waals surface area contributed by atoms with Crippen molar-refractivity contribution in [3.8, 4) is 5.75 Å². The molecule has 0 radical (unpaired) electrons. The van der Waals surface area contributed by atoms with Crippen LogP contribution in [0.2, 0.25) is 10.0 Å². The first kappa shape index (κ1) is 21.0. The maximum absolute atomic E-state index is 12.0. The SMILES string of the molecule is CCc1nc(NCCNC(=O)Nc2ccc(OC)cc2)c2cc(Cl)cc(Cl)c2n1. The lowest BCUT2D eigenvalue weighted by molar-refractivity contribution is 0.252. The highest BCUT2D eigenvalue weighted by molar-refractivity contribution is 6.38. The Bertz CT molecular complexity index is 1010. The third kappa shape index (κ3) is 5.40. The molecule has 0 aliphatic heterocycles. The molecule has 0 spiro atoms. The number of carbonyl (C=O) groups is 1. The van der Waals surface area contributed by atoms with Gasteiger partial charge in [-0.2, -0.15) is 0 Å². The number of benzene rings is 2. The molecule has 2 amide bonds. The normalized spacial score (nSPS) is 10.6. The number of aromatic nitrogens is 2. The molecule has 0 bridgehead atoms. The van der Waals surface area contributed by atoms with Crippen molar-refractivity contribution < 1.29 is 9.53 Å². The zero-order valence-corrected chi connectivity index (χ0v) is 17.6. The minimum Gasteiger partial charge on any atom is -0.497 e. The maximum Gasteiger partial charge on any atom is 0.319 e. The molecule has 3 aromatic rings. The summed E-state index contributed by atoms with van der Waals surface area (Å²) in [5, 5.41) is 10.5. The number of nitrogens with one attached hydrogen (secondary N) is 3. The molecule has 29 heavy (non-hydrogen) atoms. The Morgan fingerprint density at radius 3 is 2.55 bits per heavy atom. The summed E-state index contributed by atoms with van der Waals surface area (Å²) in [4.78, 5) is 21.0. The van der Waals surface area contributed by atoms with Gasteiger partial charge in [0.25, 0.3) is 0 Å². The highest BCUT2D eigenvalue weighted by Gasteiger charge is 2.11. The second-order valence-corrected chi connectivity index (χ2v) is 7.01. The lowest BCUT2D eigenvalue weighted by atomic mass is 10.2. The van der Waals surface area contributed by atoms with Gasteiger partial charge < -0.3 is 20.7 Å². The molecule has 7 nitrogen and oxygen atoms in total. The Labute approximate surface area is 178 Å². The van der Waals surface area contributed by atoms with Gasteiger partial charge in [-0.15, -0.1) is 0 Å².